The molecule has 8 aromatic carbocycles. The van der Waals surface area contributed by atoms with E-state index >= 15 is 0 Å². The standard InChI is InChI=1S/C49H33N/c1-4-15-33(16-5-1)37-29-38(34-17-6-2-7-18-34)31-39(30-37)50-46-26-13-12-21-41(46)45-32-36(27-28-47(45)50)40-24-14-25-44-48(35-19-8-3-9-20-35)42-22-10-11-23-43(42)49(40)44/h1-32,48H. The maximum atomic E-state index is 2.45. The lowest BCUT2D eigenvalue weighted by Crippen LogP contribution is -1.98. The second-order valence-electron chi connectivity index (χ2n) is 13.3. The zero-order valence-corrected chi connectivity index (χ0v) is 27.5. The monoisotopic (exact) mass is 635 g/mol. The average molecular weight is 636 g/mol. The van der Waals surface area contributed by atoms with E-state index in [9.17, 15) is 0 Å². The summed E-state index contributed by atoms with van der Waals surface area (Å²) < 4.78 is 2.45. The number of hydrogen-bond acceptors (Lipinski definition) is 0. The fraction of sp³-hybridized carbons (Fsp3) is 0.0204. The maximum Gasteiger partial charge on any atom is 0.0541 e. The zero-order chi connectivity index (χ0) is 33.0. The molecule has 1 nitrogen and oxygen atoms in total. The van der Waals surface area contributed by atoms with Gasteiger partial charge in [-0.3, -0.25) is 0 Å². The fourth-order valence-electron chi connectivity index (χ4n) is 8.25. The second-order valence-corrected chi connectivity index (χ2v) is 13.3. The van der Waals surface area contributed by atoms with Crippen LogP contribution in [0, 0.1) is 0 Å². The second kappa shape index (κ2) is 11.6. The van der Waals surface area contributed by atoms with Gasteiger partial charge in [0.2, 0.25) is 0 Å². The van der Waals surface area contributed by atoms with Crippen LogP contribution in [0.2, 0.25) is 0 Å². The Kier molecular flexibility index (Phi) is 6.63. The highest BCUT2D eigenvalue weighted by molar-refractivity contribution is 6.11. The number of nitrogens with zero attached hydrogens (tertiary/aromatic N) is 1. The van der Waals surface area contributed by atoms with Gasteiger partial charge in [-0.15, -0.1) is 0 Å². The molecule has 1 heteroatoms. The molecule has 1 atom stereocenters. The quantitative estimate of drug-likeness (QED) is 0.177. The van der Waals surface area contributed by atoms with Gasteiger partial charge in [0.05, 0.1) is 11.0 Å². The molecule has 1 aromatic heterocycles. The molecule has 0 saturated carbocycles. The summed E-state index contributed by atoms with van der Waals surface area (Å²) >= 11 is 0. The van der Waals surface area contributed by atoms with Crippen LogP contribution in [0.25, 0.3) is 72.0 Å². The van der Waals surface area contributed by atoms with E-state index in [0.717, 1.165) is 5.69 Å². The summed E-state index contributed by atoms with van der Waals surface area (Å²) in [5, 5.41) is 2.51. The van der Waals surface area contributed by atoms with E-state index in [1.165, 1.54) is 83.0 Å². The van der Waals surface area contributed by atoms with Crippen LogP contribution >= 0.6 is 0 Å². The first kappa shape index (κ1) is 28.6. The molecule has 10 rings (SSSR count). The van der Waals surface area contributed by atoms with Crippen molar-refractivity contribution in [1.82, 2.24) is 4.57 Å². The van der Waals surface area contributed by atoms with Gasteiger partial charge in [0.25, 0.3) is 0 Å². The SMILES string of the molecule is c1ccc(-c2cc(-c3ccccc3)cc(-n3c4ccccc4c4cc(-c5cccc6c5-c5ccccc5C6c5ccccc5)ccc43)c2)cc1. The largest absolute Gasteiger partial charge is 0.309 e. The van der Waals surface area contributed by atoms with Gasteiger partial charge in [-0.1, -0.05) is 158 Å². The predicted molar refractivity (Wildman–Crippen MR) is 210 cm³/mol. The predicted octanol–water partition coefficient (Wildman–Crippen LogP) is 12.9. The number of hydrogen-bond donors (Lipinski definition) is 0. The van der Waals surface area contributed by atoms with Crippen LogP contribution in [0.3, 0.4) is 0 Å². The van der Waals surface area contributed by atoms with Crippen molar-refractivity contribution in [2.75, 3.05) is 0 Å². The topological polar surface area (TPSA) is 4.93 Å². The Morgan fingerprint density at radius 2 is 0.920 bits per heavy atom. The molecule has 0 bridgehead atoms. The van der Waals surface area contributed by atoms with Gasteiger partial charge in [0.15, 0.2) is 0 Å². The molecule has 0 N–H and O–H groups in total. The van der Waals surface area contributed by atoms with E-state index in [2.05, 4.69) is 199 Å². The molecule has 0 aliphatic heterocycles. The number of aromatic nitrogens is 1. The van der Waals surface area contributed by atoms with E-state index in [4.69, 9.17) is 0 Å². The summed E-state index contributed by atoms with van der Waals surface area (Å²) in [6, 6.07) is 71.1. The minimum atomic E-state index is 0.226. The molecule has 50 heavy (non-hydrogen) atoms. The van der Waals surface area contributed by atoms with Crippen molar-refractivity contribution in [3.8, 4) is 50.2 Å². The van der Waals surface area contributed by atoms with Crippen LogP contribution in [0.5, 0.6) is 0 Å². The van der Waals surface area contributed by atoms with Crippen LogP contribution in [0.15, 0.2) is 194 Å². The van der Waals surface area contributed by atoms with Crippen molar-refractivity contribution in [2.45, 2.75) is 5.92 Å². The van der Waals surface area contributed by atoms with Crippen LogP contribution in [0.4, 0.5) is 0 Å². The molecule has 0 amide bonds. The van der Waals surface area contributed by atoms with E-state index in [1.54, 1.807) is 0 Å². The molecule has 234 valence electrons. The Morgan fingerprint density at radius 1 is 0.340 bits per heavy atom. The first-order valence-corrected chi connectivity index (χ1v) is 17.4. The van der Waals surface area contributed by atoms with Gasteiger partial charge in [0, 0.05) is 22.4 Å². The van der Waals surface area contributed by atoms with Crippen molar-refractivity contribution >= 4 is 21.8 Å². The van der Waals surface area contributed by atoms with Gasteiger partial charge in [-0.05, 0) is 97.6 Å². The summed E-state index contributed by atoms with van der Waals surface area (Å²) in [6.45, 7) is 0. The lowest BCUT2D eigenvalue weighted by molar-refractivity contribution is 1.02. The lowest BCUT2D eigenvalue weighted by Gasteiger charge is -2.15. The third-order valence-electron chi connectivity index (χ3n) is 10.5. The van der Waals surface area contributed by atoms with Gasteiger partial charge in [0.1, 0.15) is 0 Å². The Balaban J connectivity index is 1.19. The minimum Gasteiger partial charge on any atom is -0.309 e. The molecule has 9 aromatic rings. The number of para-hydroxylation sites is 1. The van der Waals surface area contributed by atoms with Gasteiger partial charge in [-0.25, -0.2) is 0 Å². The highest BCUT2D eigenvalue weighted by Crippen LogP contribution is 2.52. The Morgan fingerprint density at radius 3 is 1.66 bits per heavy atom. The summed E-state index contributed by atoms with van der Waals surface area (Å²) in [5.74, 6) is 0.226. The zero-order valence-electron chi connectivity index (χ0n) is 27.5. The number of benzene rings is 8. The van der Waals surface area contributed by atoms with Crippen LogP contribution in [-0.4, -0.2) is 4.57 Å². The Hall–Kier alpha value is -6.44. The molecular weight excluding hydrogens is 603 g/mol. The normalized spacial score (nSPS) is 13.4. The van der Waals surface area contributed by atoms with Crippen molar-refractivity contribution in [3.63, 3.8) is 0 Å². The smallest absolute Gasteiger partial charge is 0.0541 e. The van der Waals surface area contributed by atoms with E-state index in [1.807, 2.05) is 0 Å². The number of fused-ring (bicyclic) bond motifs is 6. The van der Waals surface area contributed by atoms with E-state index in [0.29, 0.717) is 0 Å². The van der Waals surface area contributed by atoms with Crippen molar-refractivity contribution < 1.29 is 0 Å². The molecule has 1 unspecified atom stereocenters. The molecule has 1 heterocycles. The van der Waals surface area contributed by atoms with Crippen LogP contribution < -0.4 is 0 Å². The van der Waals surface area contributed by atoms with E-state index < -0.39 is 0 Å². The summed E-state index contributed by atoms with van der Waals surface area (Å²) in [5.41, 5.74) is 17.7. The van der Waals surface area contributed by atoms with Crippen LogP contribution in [0.1, 0.15) is 22.6 Å². The third-order valence-corrected chi connectivity index (χ3v) is 10.5. The van der Waals surface area contributed by atoms with Crippen molar-refractivity contribution in [1.29, 1.82) is 0 Å². The first-order chi connectivity index (χ1) is 24.8. The van der Waals surface area contributed by atoms with Crippen molar-refractivity contribution in [2.24, 2.45) is 0 Å². The van der Waals surface area contributed by atoms with Crippen LogP contribution in [-0.2, 0) is 0 Å². The first-order valence-electron chi connectivity index (χ1n) is 17.4. The molecule has 0 fully saturated rings. The molecule has 1 aliphatic rings. The molecule has 0 radical (unpaired) electrons. The van der Waals surface area contributed by atoms with Crippen molar-refractivity contribution in [3.05, 3.63) is 211 Å². The highest BCUT2D eigenvalue weighted by atomic mass is 15.0. The third kappa shape index (κ3) is 4.55. The highest BCUT2D eigenvalue weighted by Gasteiger charge is 2.31. The fourth-order valence-corrected chi connectivity index (χ4v) is 8.25. The molecule has 0 spiro atoms. The minimum absolute atomic E-state index is 0.226. The average Bonchev–Trinajstić information content (AvgIpc) is 3.71. The van der Waals surface area contributed by atoms with E-state index in [-0.39, 0.29) is 5.92 Å². The molecular formula is C49H33N. The molecule has 1 aliphatic carbocycles. The Bertz CT molecular complexity index is 2630. The maximum absolute atomic E-state index is 2.45. The Labute approximate surface area is 292 Å². The van der Waals surface area contributed by atoms with Gasteiger partial charge < -0.3 is 4.57 Å². The summed E-state index contributed by atoms with van der Waals surface area (Å²) in [7, 11) is 0. The number of rotatable bonds is 5. The van der Waals surface area contributed by atoms with Gasteiger partial charge >= 0.3 is 0 Å². The molecule has 0 saturated heterocycles. The van der Waals surface area contributed by atoms with Gasteiger partial charge in [-0.2, -0.15) is 0 Å². The summed E-state index contributed by atoms with van der Waals surface area (Å²) in [4.78, 5) is 0. The summed E-state index contributed by atoms with van der Waals surface area (Å²) in [6.07, 6.45) is 0. The lowest BCUT2D eigenvalue weighted by atomic mass is 9.88.